The predicted octanol–water partition coefficient (Wildman–Crippen LogP) is 1.74. The topological polar surface area (TPSA) is 34.5 Å². The van der Waals surface area contributed by atoms with Gasteiger partial charge in [0.25, 0.3) is 0 Å². The third-order valence-electron chi connectivity index (χ3n) is 2.22. The molecule has 1 aromatic heterocycles. The van der Waals surface area contributed by atoms with Crippen LogP contribution in [0.4, 0.5) is 4.79 Å². The second-order valence-electron chi connectivity index (χ2n) is 3.32. The average Bonchev–Trinajstić information content (AvgIpc) is 2.63. The van der Waals surface area contributed by atoms with Crippen LogP contribution in [0.3, 0.4) is 0 Å². The van der Waals surface area contributed by atoms with Crippen molar-refractivity contribution in [3.05, 3.63) is 22.4 Å². The summed E-state index contributed by atoms with van der Waals surface area (Å²) in [6.45, 7) is 1.82. The van der Waals surface area contributed by atoms with Crippen molar-refractivity contribution < 1.29 is 9.53 Å². The van der Waals surface area contributed by atoms with Crippen molar-refractivity contribution in [2.75, 3.05) is 13.2 Å². The van der Waals surface area contributed by atoms with Crippen LogP contribution in [0.2, 0.25) is 0 Å². The quantitative estimate of drug-likeness (QED) is 0.810. The summed E-state index contributed by atoms with van der Waals surface area (Å²) in [4.78, 5) is 12.9. The van der Waals surface area contributed by atoms with E-state index in [4.69, 9.17) is 4.74 Å². The van der Waals surface area contributed by atoms with Gasteiger partial charge in [0, 0.05) is 13.2 Å². The van der Waals surface area contributed by atoms with Gasteiger partial charge >= 0.3 is 6.09 Å². The number of cyclic esters (lactones) is 1. The zero-order valence-electron chi connectivity index (χ0n) is 7.86. The van der Waals surface area contributed by atoms with Crippen molar-refractivity contribution >= 4 is 22.0 Å². The molecule has 5 heteroatoms. The molecule has 0 spiro atoms. The number of amides is 1. The molecule has 0 N–H and O–H groups in total. The lowest BCUT2D eigenvalue weighted by Gasteiger charge is -2.10. The molecule has 0 saturated carbocycles. The first kappa shape index (κ1) is 9.58. The molecule has 0 aromatic carbocycles. The Morgan fingerprint density at radius 3 is 2.93 bits per heavy atom. The summed E-state index contributed by atoms with van der Waals surface area (Å²) in [5.41, 5.74) is 1.11. The maximum Gasteiger partial charge on any atom is 0.410 e. The van der Waals surface area contributed by atoms with Crippen molar-refractivity contribution in [3.63, 3.8) is 0 Å². The van der Waals surface area contributed by atoms with Gasteiger partial charge < -0.3 is 14.2 Å². The first-order valence-corrected chi connectivity index (χ1v) is 5.18. The molecule has 1 amide bonds. The lowest BCUT2D eigenvalue weighted by molar-refractivity contribution is 0.157. The molecule has 0 bridgehead atoms. The Kier molecular flexibility index (Phi) is 2.50. The minimum atomic E-state index is -0.218. The van der Waals surface area contributed by atoms with E-state index < -0.39 is 0 Å². The van der Waals surface area contributed by atoms with Gasteiger partial charge in [-0.05, 0) is 27.6 Å². The maximum absolute atomic E-state index is 11.2. The fourth-order valence-electron chi connectivity index (χ4n) is 1.48. The third-order valence-corrected chi connectivity index (χ3v) is 3.01. The number of aryl methyl sites for hydroxylation is 1. The van der Waals surface area contributed by atoms with Crippen molar-refractivity contribution in [3.8, 4) is 0 Å². The molecule has 2 heterocycles. The Morgan fingerprint density at radius 2 is 2.43 bits per heavy atom. The van der Waals surface area contributed by atoms with Gasteiger partial charge in [0.05, 0.1) is 17.7 Å². The third kappa shape index (κ3) is 1.77. The van der Waals surface area contributed by atoms with Crippen molar-refractivity contribution in [2.24, 2.45) is 7.05 Å². The summed E-state index contributed by atoms with van der Waals surface area (Å²) in [5, 5.41) is 0. The second kappa shape index (κ2) is 3.65. The van der Waals surface area contributed by atoms with Gasteiger partial charge in [0.15, 0.2) is 0 Å². The summed E-state index contributed by atoms with van der Waals surface area (Å²) in [6, 6.07) is 2.01. The first-order chi connectivity index (χ1) is 6.66. The van der Waals surface area contributed by atoms with Crippen LogP contribution < -0.4 is 0 Å². The van der Waals surface area contributed by atoms with E-state index in [1.54, 1.807) is 4.90 Å². The number of ether oxygens (including phenoxy) is 1. The summed E-state index contributed by atoms with van der Waals surface area (Å²) < 4.78 is 7.83. The molecule has 0 radical (unpaired) electrons. The molecule has 0 unspecified atom stereocenters. The lowest BCUT2D eigenvalue weighted by Crippen LogP contribution is -2.23. The fraction of sp³-hybridized carbons (Fsp3) is 0.444. The minimum Gasteiger partial charge on any atom is -0.448 e. The highest BCUT2D eigenvalue weighted by molar-refractivity contribution is 9.10. The van der Waals surface area contributed by atoms with E-state index in [1.165, 1.54) is 0 Å². The highest BCUT2D eigenvalue weighted by Crippen LogP contribution is 2.16. The van der Waals surface area contributed by atoms with E-state index in [2.05, 4.69) is 15.9 Å². The molecular weight excluding hydrogens is 248 g/mol. The van der Waals surface area contributed by atoms with E-state index in [1.807, 2.05) is 23.9 Å². The molecule has 4 nitrogen and oxygen atoms in total. The largest absolute Gasteiger partial charge is 0.448 e. The Balaban J connectivity index is 2.07. The highest BCUT2D eigenvalue weighted by atomic mass is 79.9. The number of hydrogen-bond acceptors (Lipinski definition) is 2. The second-order valence-corrected chi connectivity index (χ2v) is 4.13. The molecule has 0 atom stereocenters. The summed E-state index contributed by atoms with van der Waals surface area (Å²) in [6.07, 6.45) is 1.78. The molecule has 1 aliphatic heterocycles. The van der Waals surface area contributed by atoms with Crippen LogP contribution in [0.1, 0.15) is 5.56 Å². The van der Waals surface area contributed by atoms with Crippen LogP contribution in [0, 0.1) is 0 Å². The number of carbonyl (C=O) groups is 1. The van der Waals surface area contributed by atoms with Gasteiger partial charge in [-0.2, -0.15) is 0 Å². The summed E-state index contributed by atoms with van der Waals surface area (Å²) in [7, 11) is 1.95. The predicted molar refractivity (Wildman–Crippen MR) is 54.9 cm³/mol. The molecule has 76 valence electrons. The van der Waals surface area contributed by atoms with E-state index in [0.29, 0.717) is 19.7 Å². The number of nitrogens with zero attached hydrogens (tertiary/aromatic N) is 2. The Labute approximate surface area is 90.6 Å². The van der Waals surface area contributed by atoms with Crippen molar-refractivity contribution in [1.82, 2.24) is 9.47 Å². The minimum absolute atomic E-state index is 0.218. The Morgan fingerprint density at radius 1 is 1.64 bits per heavy atom. The summed E-state index contributed by atoms with van der Waals surface area (Å²) >= 11 is 3.41. The van der Waals surface area contributed by atoms with Gasteiger partial charge in [-0.3, -0.25) is 0 Å². The number of rotatable bonds is 2. The Bertz CT molecular complexity index is 342. The summed E-state index contributed by atoms with van der Waals surface area (Å²) in [5.74, 6) is 0. The van der Waals surface area contributed by atoms with Crippen molar-refractivity contribution in [1.29, 1.82) is 0 Å². The van der Waals surface area contributed by atoms with Crippen LogP contribution in [0.15, 0.2) is 16.9 Å². The molecule has 14 heavy (non-hydrogen) atoms. The molecule has 1 fully saturated rings. The molecule has 0 aliphatic carbocycles. The number of halogens is 1. The SMILES string of the molecule is Cn1cc(CN2CCOC2=O)cc1Br. The van der Waals surface area contributed by atoms with E-state index in [0.717, 1.165) is 10.2 Å². The molecule has 1 saturated heterocycles. The molecule has 1 aromatic rings. The first-order valence-electron chi connectivity index (χ1n) is 4.39. The lowest BCUT2D eigenvalue weighted by atomic mass is 10.3. The molecular formula is C9H11BrN2O2. The van der Waals surface area contributed by atoms with Gasteiger partial charge in [-0.1, -0.05) is 0 Å². The zero-order chi connectivity index (χ0) is 10.1. The molecule has 1 aliphatic rings. The number of aromatic nitrogens is 1. The van der Waals surface area contributed by atoms with E-state index >= 15 is 0 Å². The zero-order valence-corrected chi connectivity index (χ0v) is 9.45. The van der Waals surface area contributed by atoms with Gasteiger partial charge in [-0.25, -0.2) is 4.79 Å². The maximum atomic E-state index is 11.2. The number of carbonyl (C=O) groups excluding carboxylic acids is 1. The van der Waals surface area contributed by atoms with Gasteiger partial charge in [0.1, 0.15) is 6.61 Å². The van der Waals surface area contributed by atoms with Crippen LogP contribution in [-0.4, -0.2) is 28.7 Å². The van der Waals surface area contributed by atoms with Crippen LogP contribution in [-0.2, 0) is 18.3 Å². The van der Waals surface area contributed by atoms with Crippen molar-refractivity contribution in [2.45, 2.75) is 6.54 Å². The highest BCUT2D eigenvalue weighted by Gasteiger charge is 2.22. The normalized spacial score (nSPS) is 16.1. The van der Waals surface area contributed by atoms with E-state index in [-0.39, 0.29) is 6.09 Å². The standard InChI is InChI=1S/C9H11BrN2O2/c1-11-5-7(4-8(11)10)6-12-2-3-14-9(12)13/h4-5H,2-3,6H2,1H3. The molecule has 2 rings (SSSR count). The van der Waals surface area contributed by atoms with Crippen LogP contribution in [0.25, 0.3) is 0 Å². The van der Waals surface area contributed by atoms with E-state index in [9.17, 15) is 4.79 Å². The monoisotopic (exact) mass is 258 g/mol. The van der Waals surface area contributed by atoms with Gasteiger partial charge in [-0.15, -0.1) is 0 Å². The van der Waals surface area contributed by atoms with Crippen LogP contribution >= 0.6 is 15.9 Å². The smallest absolute Gasteiger partial charge is 0.410 e. The van der Waals surface area contributed by atoms with Crippen LogP contribution in [0.5, 0.6) is 0 Å². The van der Waals surface area contributed by atoms with Gasteiger partial charge in [0.2, 0.25) is 0 Å². The fourth-order valence-corrected chi connectivity index (χ4v) is 1.88. The number of hydrogen-bond donors (Lipinski definition) is 0. The Hall–Kier alpha value is -0.970. The average molecular weight is 259 g/mol.